The van der Waals surface area contributed by atoms with Crippen LogP contribution >= 0.6 is 0 Å². The van der Waals surface area contributed by atoms with Gasteiger partial charge in [0, 0.05) is 64.1 Å². The Balaban J connectivity index is 1.25. The zero-order chi connectivity index (χ0) is 44.5. The smallest absolute Gasteiger partial charge is 0.305 e. The van der Waals surface area contributed by atoms with E-state index in [4.69, 9.17) is 18.9 Å². The summed E-state index contributed by atoms with van der Waals surface area (Å²) in [5.41, 5.74) is -0.583. The van der Waals surface area contributed by atoms with E-state index in [9.17, 15) is 71.5 Å². The number of phenolic OH excluding ortho intramolecular Hbond substituents is 11. The first-order valence-corrected chi connectivity index (χ1v) is 19.3. The third-order valence-electron chi connectivity index (χ3n) is 12.2. The van der Waals surface area contributed by atoms with Crippen molar-refractivity contribution < 1.29 is 90.4 Å². The van der Waals surface area contributed by atoms with Gasteiger partial charge in [0.2, 0.25) is 0 Å². The largest absolute Gasteiger partial charge is 0.508 e. The Bertz CT molecular complexity index is 2910. The molecular formula is C45H36O18. The molecule has 0 spiro atoms. The summed E-state index contributed by atoms with van der Waals surface area (Å²) in [5.74, 6) is -12.6. The molecule has 0 aliphatic carbocycles. The number of ether oxygens (including phenoxy) is 4. The molecule has 6 aromatic carbocycles. The first-order chi connectivity index (χ1) is 30.0. The summed E-state index contributed by atoms with van der Waals surface area (Å²) in [7, 11) is 0. The Labute approximate surface area is 354 Å². The molecule has 324 valence electrons. The van der Waals surface area contributed by atoms with Gasteiger partial charge in [-0.05, 0) is 53.6 Å². The monoisotopic (exact) mass is 864 g/mol. The van der Waals surface area contributed by atoms with Crippen LogP contribution in [0.5, 0.6) is 86.2 Å². The lowest BCUT2D eigenvalue weighted by molar-refractivity contribution is -0.219. The van der Waals surface area contributed by atoms with Gasteiger partial charge in [-0.15, -0.1) is 0 Å². The van der Waals surface area contributed by atoms with Gasteiger partial charge in [-0.25, -0.2) is 0 Å². The molecule has 4 aliphatic rings. The minimum absolute atomic E-state index is 0.0325. The van der Waals surface area contributed by atoms with Crippen LogP contribution < -0.4 is 18.9 Å². The number of aromatic hydroxyl groups is 11. The highest BCUT2D eigenvalue weighted by atomic mass is 16.7. The summed E-state index contributed by atoms with van der Waals surface area (Å²) >= 11 is 0. The van der Waals surface area contributed by atoms with E-state index < -0.39 is 111 Å². The van der Waals surface area contributed by atoms with Gasteiger partial charge in [0.05, 0.1) is 17.9 Å². The highest BCUT2D eigenvalue weighted by molar-refractivity contribution is 5.72. The Morgan fingerprint density at radius 3 is 1.62 bits per heavy atom. The second kappa shape index (κ2) is 13.6. The average Bonchev–Trinajstić information content (AvgIpc) is 3.22. The molecule has 0 saturated carbocycles. The maximum atomic E-state index is 12.5. The van der Waals surface area contributed by atoms with Gasteiger partial charge in [-0.3, -0.25) is 0 Å². The number of aliphatic hydroxyl groups excluding tert-OH is 3. The quantitative estimate of drug-likeness (QED) is 0.110. The van der Waals surface area contributed by atoms with Crippen LogP contribution in [0.2, 0.25) is 0 Å². The maximum absolute atomic E-state index is 12.5. The number of benzene rings is 6. The van der Waals surface area contributed by atoms with Crippen LogP contribution in [-0.2, 0) is 12.2 Å². The third-order valence-corrected chi connectivity index (χ3v) is 12.2. The molecule has 8 atom stereocenters. The number of fused-ring (bicyclic) bond motifs is 9. The second-order valence-corrected chi connectivity index (χ2v) is 15.9. The van der Waals surface area contributed by atoms with Crippen molar-refractivity contribution in [2.75, 3.05) is 0 Å². The number of rotatable bonds is 4. The average molecular weight is 865 g/mol. The molecular weight excluding hydrogens is 828 g/mol. The van der Waals surface area contributed by atoms with E-state index in [1.807, 2.05) is 0 Å². The standard InChI is InChI=1S/C45H36O18/c46-18-10-27(54)33-31(11-18)62-45(17-3-6-22(49)26(53)9-17)44(59)38(33)36-32(63-45)14-29(56)35-37(39(58)41(61-43(35)36)16-2-5-21(48)25(52)8-16)34-28(55)13-23(50)19-12-30(57)40(60-42(19)34)15-1-4-20(47)24(51)7-15/h1-11,13-14,30,37-41,44,46-59H,12H2/t30-,37+,38-,39+,40+,41+,44+,45+/m0/s1. The lowest BCUT2D eigenvalue weighted by Gasteiger charge is -2.51. The number of hydrogen-bond acceptors (Lipinski definition) is 18. The molecule has 2 bridgehead atoms. The molecule has 0 radical (unpaired) electrons. The highest BCUT2D eigenvalue weighted by Crippen LogP contribution is 2.65. The van der Waals surface area contributed by atoms with Crippen LogP contribution in [0, 0.1) is 0 Å². The molecule has 0 amide bonds. The fourth-order valence-corrected chi connectivity index (χ4v) is 9.32. The number of aliphatic hydroxyl groups is 3. The van der Waals surface area contributed by atoms with E-state index >= 15 is 0 Å². The van der Waals surface area contributed by atoms with Crippen molar-refractivity contribution in [1.82, 2.24) is 0 Å². The van der Waals surface area contributed by atoms with Gasteiger partial charge < -0.3 is 90.4 Å². The van der Waals surface area contributed by atoms with Gasteiger partial charge in [0.25, 0.3) is 0 Å². The molecule has 10 rings (SSSR count). The molecule has 63 heavy (non-hydrogen) atoms. The van der Waals surface area contributed by atoms with Gasteiger partial charge in [-0.2, -0.15) is 0 Å². The van der Waals surface area contributed by atoms with Crippen molar-refractivity contribution in [2.45, 2.75) is 54.6 Å². The lowest BCUT2D eigenvalue weighted by atomic mass is 9.71. The Morgan fingerprint density at radius 2 is 0.984 bits per heavy atom. The van der Waals surface area contributed by atoms with Gasteiger partial charge in [-0.1, -0.05) is 12.1 Å². The summed E-state index contributed by atoms with van der Waals surface area (Å²) < 4.78 is 25.6. The topological polar surface area (TPSA) is 320 Å². The molecule has 4 aliphatic heterocycles. The van der Waals surface area contributed by atoms with Crippen molar-refractivity contribution in [3.05, 3.63) is 123 Å². The van der Waals surface area contributed by atoms with Crippen molar-refractivity contribution >= 4 is 0 Å². The molecule has 4 heterocycles. The van der Waals surface area contributed by atoms with Crippen LogP contribution in [0.4, 0.5) is 0 Å². The summed E-state index contributed by atoms with van der Waals surface area (Å²) in [6, 6.07) is 14.8. The zero-order valence-electron chi connectivity index (χ0n) is 32.1. The Morgan fingerprint density at radius 1 is 0.444 bits per heavy atom. The SMILES string of the molecule is Oc1cc(O)c2c(c1)O[C@]1(c3ccc(O)c(O)c3)Oc3cc(O)c4c(c3[C@H]2[C@H]1O)O[C@H](c1ccc(O)c(O)c1)[C@H](O)[C@@H]4c1c(O)cc(O)c2c1O[C@H](c1ccc(O)c(O)c1)[C@@H](O)C2. The fourth-order valence-electron chi connectivity index (χ4n) is 9.32. The highest BCUT2D eigenvalue weighted by Gasteiger charge is 2.61. The Hall–Kier alpha value is -7.80. The van der Waals surface area contributed by atoms with Crippen LogP contribution in [0.25, 0.3) is 0 Å². The lowest BCUT2D eigenvalue weighted by Crippen LogP contribution is -2.57. The fraction of sp³-hybridized carbons (Fsp3) is 0.200. The molecule has 14 N–H and O–H groups in total. The molecule has 18 nitrogen and oxygen atoms in total. The summed E-state index contributed by atoms with van der Waals surface area (Å²) in [5, 5.41) is 155. The van der Waals surface area contributed by atoms with Crippen molar-refractivity contribution in [1.29, 1.82) is 0 Å². The van der Waals surface area contributed by atoms with E-state index in [-0.39, 0.29) is 73.9 Å². The normalized spacial score (nSPS) is 25.2. The maximum Gasteiger partial charge on any atom is 0.305 e. The number of hydrogen-bond donors (Lipinski definition) is 14. The molecule has 0 aromatic heterocycles. The van der Waals surface area contributed by atoms with Crippen LogP contribution in [-0.4, -0.2) is 89.8 Å². The first kappa shape index (κ1) is 39.3. The molecule has 18 heteroatoms. The van der Waals surface area contributed by atoms with E-state index in [1.165, 1.54) is 18.2 Å². The molecule has 0 saturated heterocycles. The molecule has 0 fully saturated rings. The van der Waals surface area contributed by atoms with Crippen molar-refractivity contribution in [2.24, 2.45) is 0 Å². The van der Waals surface area contributed by atoms with Crippen LogP contribution in [0.3, 0.4) is 0 Å². The van der Waals surface area contributed by atoms with Crippen molar-refractivity contribution in [3.63, 3.8) is 0 Å². The van der Waals surface area contributed by atoms with Gasteiger partial charge in [0.1, 0.15) is 70.1 Å². The molecule has 0 unspecified atom stereocenters. The second-order valence-electron chi connectivity index (χ2n) is 15.9. The van der Waals surface area contributed by atoms with Gasteiger partial charge in [0.15, 0.2) is 40.6 Å². The van der Waals surface area contributed by atoms with E-state index in [2.05, 4.69) is 0 Å². The summed E-state index contributed by atoms with van der Waals surface area (Å²) in [6.07, 6.45) is -8.29. The van der Waals surface area contributed by atoms with Gasteiger partial charge >= 0.3 is 5.79 Å². The summed E-state index contributed by atoms with van der Waals surface area (Å²) in [4.78, 5) is 0. The molecule has 6 aromatic rings. The van der Waals surface area contributed by atoms with E-state index in [0.29, 0.717) is 0 Å². The minimum Gasteiger partial charge on any atom is -0.508 e. The van der Waals surface area contributed by atoms with E-state index in [0.717, 1.165) is 60.7 Å². The minimum atomic E-state index is -2.31. The predicted octanol–water partition coefficient (Wildman–Crippen LogP) is 4.24. The zero-order valence-corrected chi connectivity index (χ0v) is 32.1. The van der Waals surface area contributed by atoms with Crippen LogP contribution in [0.1, 0.15) is 68.6 Å². The third kappa shape index (κ3) is 5.68. The Kier molecular flexibility index (Phi) is 8.49. The van der Waals surface area contributed by atoms with E-state index in [1.54, 1.807) is 0 Å². The number of phenols is 11. The first-order valence-electron chi connectivity index (χ1n) is 19.3. The van der Waals surface area contributed by atoms with Crippen molar-refractivity contribution in [3.8, 4) is 86.2 Å². The predicted molar refractivity (Wildman–Crippen MR) is 212 cm³/mol. The summed E-state index contributed by atoms with van der Waals surface area (Å²) in [6.45, 7) is 0. The van der Waals surface area contributed by atoms with Crippen LogP contribution in [0.15, 0.2) is 78.9 Å².